The van der Waals surface area contributed by atoms with Crippen molar-refractivity contribution in [2.45, 2.75) is 57.6 Å². The Labute approximate surface area is 205 Å². The highest BCUT2D eigenvalue weighted by atomic mass is 19.2. The third kappa shape index (κ3) is 7.85. The van der Waals surface area contributed by atoms with Crippen molar-refractivity contribution < 1.29 is 33.0 Å². The highest BCUT2D eigenvalue weighted by Gasteiger charge is 2.35. The summed E-state index contributed by atoms with van der Waals surface area (Å²) in [4.78, 5) is 29.7. The summed E-state index contributed by atoms with van der Waals surface area (Å²) in [5.41, 5.74) is 0.541. The van der Waals surface area contributed by atoms with Gasteiger partial charge < -0.3 is 24.8 Å². The monoisotopic (exact) mass is 497 g/mol. The molecule has 3 rings (SSSR count). The number of aliphatic hydroxyl groups excluding tert-OH is 1. The standard InChI is InChI=1S/C25H37F2N3O5/c1-25(2,3)35-24(33)28-22(18-5-4-17-14-20(26)21(27)15-19(17)18)16-23(32)30(8-11-31)7-6-29-9-12-34-13-10-29/h14-15,18,22,31H,4-13,16H2,1-3H3,(H,28,33). The zero-order chi connectivity index (χ0) is 25.6. The molecule has 0 spiro atoms. The van der Waals surface area contributed by atoms with E-state index < -0.39 is 29.4 Å². The molecule has 2 N–H and O–H groups in total. The third-order valence-electron chi connectivity index (χ3n) is 6.40. The molecule has 1 aliphatic carbocycles. The van der Waals surface area contributed by atoms with Gasteiger partial charge in [0.25, 0.3) is 0 Å². The lowest BCUT2D eigenvalue weighted by Crippen LogP contribution is -2.47. The molecule has 1 aromatic carbocycles. The molecule has 0 aromatic heterocycles. The smallest absolute Gasteiger partial charge is 0.407 e. The topological polar surface area (TPSA) is 91.3 Å². The zero-order valence-corrected chi connectivity index (χ0v) is 20.8. The Hall–Kier alpha value is -2.30. The molecule has 35 heavy (non-hydrogen) atoms. The van der Waals surface area contributed by atoms with E-state index in [0.717, 1.165) is 13.1 Å². The molecule has 0 bridgehead atoms. The average Bonchev–Trinajstić information content (AvgIpc) is 3.18. The normalized spacial score (nSPS) is 19.2. The maximum atomic E-state index is 14.1. The van der Waals surface area contributed by atoms with E-state index in [0.29, 0.717) is 50.3 Å². The molecule has 1 saturated heterocycles. The van der Waals surface area contributed by atoms with Crippen molar-refractivity contribution in [2.24, 2.45) is 0 Å². The van der Waals surface area contributed by atoms with Crippen LogP contribution < -0.4 is 5.32 Å². The largest absolute Gasteiger partial charge is 0.444 e. The van der Waals surface area contributed by atoms with Crippen molar-refractivity contribution in [3.8, 4) is 0 Å². The summed E-state index contributed by atoms with van der Waals surface area (Å²) in [6, 6.07) is 1.69. The number of aryl methyl sites for hydroxylation is 1. The minimum Gasteiger partial charge on any atom is -0.444 e. The fraction of sp³-hybridized carbons (Fsp3) is 0.680. The summed E-state index contributed by atoms with van der Waals surface area (Å²) >= 11 is 0. The Bertz CT molecular complexity index is 887. The SMILES string of the molecule is CC(C)(C)OC(=O)NC(CC(=O)N(CCO)CCN1CCOCC1)C1CCc2cc(F)c(F)cc21. The number of ether oxygens (including phenoxy) is 2. The second kappa shape index (κ2) is 12.1. The van der Waals surface area contributed by atoms with E-state index in [1.54, 1.807) is 25.7 Å². The van der Waals surface area contributed by atoms with Crippen molar-refractivity contribution in [1.29, 1.82) is 0 Å². The molecule has 1 fully saturated rings. The van der Waals surface area contributed by atoms with E-state index in [9.17, 15) is 23.5 Å². The Balaban J connectivity index is 1.76. The van der Waals surface area contributed by atoms with Crippen LogP contribution in [0.3, 0.4) is 0 Å². The first-order valence-electron chi connectivity index (χ1n) is 12.2. The lowest BCUT2D eigenvalue weighted by Gasteiger charge is -2.32. The van der Waals surface area contributed by atoms with Gasteiger partial charge in [0.1, 0.15) is 5.60 Å². The number of nitrogens with one attached hydrogen (secondary N) is 1. The van der Waals surface area contributed by atoms with Gasteiger partial charge in [-0.1, -0.05) is 0 Å². The number of amides is 2. The van der Waals surface area contributed by atoms with Crippen LogP contribution in [0.2, 0.25) is 0 Å². The van der Waals surface area contributed by atoms with Gasteiger partial charge in [-0.25, -0.2) is 13.6 Å². The average molecular weight is 498 g/mol. The number of halogens is 2. The number of hydrogen-bond acceptors (Lipinski definition) is 6. The molecule has 2 aliphatic rings. The lowest BCUT2D eigenvalue weighted by atomic mass is 9.90. The summed E-state index contributed by atoms with van der Waals surface area (Å²) in [7, 11) is 0. The van der Waals surface area contributed by atoms with Gasteiger partial charge >= 0.3 is 6.09 Å². The van der Waals surface area contributed by atoms with E-state index in [2.05, 4.69) is 10.2 Å². The van der Waals surface area contributed by atoms with Gasteiger partial charge in [-0.2, -0.15) is 0 Å². The van der Waals surface area contributed by atoms with Crippen LogP contribution in [0, 0.1) is 11.6 Å². The molecule has 0 saturated carbocycles. The van der Waals surface area contributed by atoms with Crippen molar-refractivity contribution in [1.82, 2.24) is 15.1 Å². The second-order valence-electron chi connectivity index (χ2n) is 10.1. The summed E-state index contributed by atoms with van der Waals surface area (Å²) < 4.78 is 38.6. The highest BCUT2D eigenvalue weighted by molar-refractivity contribution is 5.78. The maximum absolute atomic E-state index is 14.1. The first kappa shape index (κ1) is 27.3. The number of aliphatic hydroxyl groups is 1. The van der Waals surface area contributed by atoms with E-state index >= 15 is 0 Å². The first-order chi connectivity index (χ1) is 16.6. The summed E-state index contributed by atoms with van der Waals surface area (Å²) in [5, 5.41) is 12.3. The number of carbonyl (C=O) groups is 2. The van der Waals surface area contributed by atoms with E-state index in [1.165, 1.54) is 12.1 Å². The van der Waals surface area contributed by atoms with Crippen molar-refractivity contribution in [3.05, 3.63) is 34.9 Å². The molecule has 2 unspecified atom stereocenters. The second-order valence-corrected chi connectivity index (χ2v) is 10.1. The number of rotatable bonds is 9. The van der Waals surface area contributed by atoms with Gasteiger partial charge in [0.2, 0.25) is 5.91 Å². The third-order valence-corrected chi connectivity index (χ3v) is 6.40. The Kier molecular flexibility index (Phi) is 9.43. The number of nitrogens with zero attached hydrogens (tertiary/aromatic N) is 2. The van der Waals surface area contributed by atoms with Gasteiger partial charge in [0.15, 0.2) is 11.6 Å². The maximum Gasteiger partial charge on any atom is 0.407 e. The number of fused-ring (bicyclic) bond motifs is 1. The molecule has 196 valence electrons. The summed E-state index contributed by atoms with van der Waals surface area (Å²) in [5.74, 6) is -2.46. The fourth-order valence-corrected chi connectivity index (χ4v) is 4.69. The molecule has 2 amide bonds. The summed E-state index contributed by atoms with van der Waals surface area (Å²) in [6.45, 7) is 9.14. The van der Waals surface area contributed by atoms with Gasteiger partial charge in [0.05, 0.1) is 19.8 Å². The Morgan fingerprint density at radius 1 is 1.23 bits per heavy atom. The quantitative estimate of drug-likeness (QED) is 0.545. The number of morpholine rings is 1. The van der Waals surface area contributed by atoms with Gasteiger partial charge in [-0.05, 0) is 56.9 Å². The lowest BCUT2D eigenvalue weighted by molar-refractivity contribution is -0.132. The van der Waals surface area contributed by atoms with E-state index in [-0.39, 0.29) is 31.4 Å². The van der Waals surface area contributed by atoms with Crippen molar-refractivity contribution in [2.75, 3.05) is 52.5 Å². The molecular formula is C25H37F2N3O5. The van der Waals surface area contributed by atoms with Crippen LogP contribution >= 0.6 is 0 Å². The molecule has 1 aliphatic heterocycles. The predicted octanol–water partition coefficient (Wildman–Crippen LogP) is 2.43. The van der Waals surface area contributed by atoms with E-state index in [1.807, 2.05) is 0 Å². The first-order valence-corrected chi connectivity index (χ1v) is 12.2. The van der Waals surface area contributed by atoms with Gasteiger partial charge in [-0.3, -0.25) is 9.69 Å². The van der Waals surface area contributed by atoms with Crippen LogP contribution in [0.15, 0.2) is 12.1 Å². The number of alkyl carbamates (subject to hydrolysis) is 1. The molecule has 8 nitrogen and oxygen atoms in total. The van der Waals surface area contributed by atoms with Crippen LogP contribution in [-0.2, 0) is 20.7 Å². The zero-order valence-electron chi connectivity index (χ0n) is 20.8. The predicted molar refractivity (Wildman–Crippen MR) is 126 cm³/mol. The van der Waals surface area contributed by atoms with Crippen LogP contribution in [-0.4, -0.2) is 91.1 Å². The fourth-order valence-electron chi connectivity index (χ4n) is 4.69. The van der Waals surface area contributed by atoms with Crippen LogP contribution in [0.4, 0.5) is 13.6 Å². The molecule has 1 heterocycles. The van der Waals surface area contributed by atoms with Crippen molar-refractivity contribution >= 4 is 12.0 Å². The number of carbonyl (C=O) groups excluding carboxylic acids is 2. The van der Waals surface area contributed by atoms with Crippen LogP contribution in [0.25, 0.3) is 0 Å². The van der Waals surface area contributed by atoms with E-state index in [4.69, 9.17) is 9.47 Å². The molecule has 10 heteroatoms. The van der Waals surface area contributed by atoms with Gasteiger partial charge in [0, 0.05) is 51.1 Å². The summed E-state index contributed by atoms with van der Waals surface area (Å²) in [6.07, 6.45) is 0.342. The highest BCUT2D eigenvalue weighted by Crippen LogP contribution is 2.38. The Morgan fingerprint density at radius 3 is 2.57 bits per heavy atom. The van der Waals surface area contributed by atoms with Crippen molar-refractivity contribution in [3.63, 3.8) is 0 Å². The Morgan fingerprint density at radius 2 is 1.91 bits per heavy atom. The molecular weight excluding hydrogens is 460 g/mol. The van der Waals surface area contributed by atoms with Crippen LogP contribution in [0.5, 0.6) is 0 Å². The number of benzene rings is 1. The minimum absolute atomic E-state index is 0.0501. The number of hydrogen-bond donors (Lipinski definition) is 2. The molecule has 0 radical (unpaired) electrons. The molecule has 1 aromatic rings. The minimum atomic E-state index is -0.953. The molecule has 2 atom stereocenters. The van der Waals surface area contributed by atoms with Gasteiger partial charge in [-0.15, -0.1) is 0 Å². The van der Waals surface area contributed by atoms with Crippen LogP contribution in [0.1, 0.15) is 50.7 Å².